The van der Waals surface area contributed by atoms with Crippen molar-refractivity contribution in [2.45, 2.75) is 51.0 Å². The van der Waals surface area contributed by atoms with E-state index in [2.05, 4.69) is 15.3 Å². The Bertz CT molecular complexity index is 587. The van der Waals surface area contributed by atoms with Gasteiger partial charge < -0.3 is 25.4 Å². The number of carbonyl (C=O) groups excluding carboxylic acids is 2. The van der Waals surface area contributed by atoms with Gasteiger partial charge in [0.2, 0.25) is 11.8 Å². The monoisotopic (exact) mass is 336 g/mol. The van der Waals surface area contributed by atoms with Crippen LogP contribution in [0.2, 0.25) is 0 Å². The topological polar surface area (TPSA) is 119 Å². The van der Waals surface area contributed by atoms with Crippen molar-refractivity contribution in [2.24, 2.45) is 0 Å². The minimum Gasteiger partial charge on any atom is -0.388 e. The first-order valence-corrected chi connectivity index (χ1v) is 8.07. The second-order valence-electron chi connectivity index (χ2n) is 6.03. The van der Waals surface area contributed by atoms with Crippen LogP contribution in [-0.2, 0) is 9.59 Å². The number of hydrogen-bond donors (Lipinski definition) is 4. The van der Waals surface area contributed by atoms with Crippen LogP contribution < -0.4 is 5.32 Å². The Balaban J connectivity index is 2.08. The third-order valence-electron chi connectivity index (χ3n) is 4.02. The number of aromatic nitrogens is 2. The molecule has 0 spiro atoms. The number of nitrogens with zero attached hydrogens (tertiary/aromatic N) is 2. The van der Waals surface area contributed by atoms with Crippen LogP contribution in [0, 0.1) is 0 Å². The van der Waals surface area contributed by atoms with E-state index < -0.39 is 30.1 Å². The summed E-state index contributed by atoms with van der Waals surface area (Å²) in [4.78, 5) is 32.6. The minimum absolute atomic E-state index is 0.0649. The molecule has 8 heteroatoms. The normalized spacial score (nSPS) is 25.2. The van der Waals surface area contributed by atoms with Crippen LogP contribution in [0.5, 0.6) is 0 Å². The third kappa shape index (κ3) is 4.21. The first kappa shape index (κ1) is 18.2. The van der Waals surface area contributed by atoms with E-state index in [4.69, 9.17) is 0 Å². The van der Waals surface area contributed by atoms with Gasteiger partial charge in [0.05, 0.1) is 24.8 Å². The number of aliphatic hydroxyl groups excluding tert-OH is 2. The van der Waals surface area contributed by atoms with Crippen LogP contribution in [0.3, 0.4) is 0 Å². The van der Waals surface area contributed by atoms with E-state index in [-0.39, 0.29) is 12.6 Å². The fourth-order valence-electron chi connectivity index (χ4n) is 2.79. The van der Waals surface area contributed by atoms with E-state index >= 15 is 0 Å². The Morgan fingerprint density at radius 1 is 1.54 bits per heavy atom. The molecule has 1 saturated heterocycles. The van der Waals surface area contributed by atoms with Gasteiger partial charge in [-0.15, -0.1) is 0 Å². The van der Waals surface area contributed by atoms with Crippen molar-refractivity contribution in [2.75, 3.05) is 6.54 Å². The van der Waals surface area contributed by atoms with Gasteiger partial charge in [0.25, 0.3) is 0 Å². The summed E-state index contributed by atoms with van der Waals surface area (Å²) in [6, 6.07) is -1.16. The lowest BCUT2D eigenvalue weighted by atomic mass is 10.1. The summed E-state index contributed by atoms with van der Waals surface area (Å²) >= 11 is 0. The molecule has 0 bridgehead atoms. The van der Waals surface area contributed by atoms with Crippen LogP contribution in [0.1, 0.15) is 32.4 Å². The van der Waals surface area contributed by atoms with E-state index in [0.717, 1.165) is 12.8 Å². The molecule has 4 N–H and O–H groups in total. The predicted molar refractivity (Wildman–Crippen MR) is 87.6 cm³/mol. The summed E-state index contributed by atoms with van der Waals surface area (Å²) in [6.45, 7) is 3.78. The van der Waals surface area contributed by atoms with Gasteiger partial charge in [0.15, 0.2) is 0 Å². The molecule has 0 aliphatic carbocycles. The van der Waals surface area contributed by atoms with E-state index in [1.54, 1.807) is 6.20 Å². The summed E-state index contributed by atoms with van der Waals surface area (Å²) in [5.41, 5.74) is 0.640. The van der Waals surface area contributed by atoms with Crippen LogP contribution >= 0.6 is 0 Å². The van der Waals surface area contributed by atoms with Crippen LogP contribution in [0.4, 0.5) is 0 Å². The molecule has 4 atom stereocenters. The van der Waals surface area contributed by atoms with Gasteiger partial charge in [-0.1, -0.05) is 13.3 Å². The average molecular weight is 336 g/mol. The Morgan fingerprint density at radius 2 is 2.29 bits per heavy atom. The number of imidazole rings is 1. The van der Waals surface area contributed by atoms with Crippen molar-refractivity contribution >= 4 is 17.9 Å². The number of nitrogens with one attached hydrogen (secondary N) is 2. The van der Waals surface area contributed by atoms with E-state index in [1.165, 1.54) is 23.4 Å². The van der Waals surface area contributed by atoms with Crippen molar-refractivity contribution < 1.29 is 19.8 Å². The Hall–Kier alpha value is -2.19. The zero-order chi connectivity index (χ0) is 17.7. The number of β-amino-alcohol motifs (C(OH)–C–C–N with tert-alkyl or cyclic N) is 1. The molecule has 1 aromatic rings. The zero-order valence-corrected chi connectivity index (χ0v) is 13.8. The molecule has 2 unspecified atom stereocenters. The number of H-pyrrole nitrogens is 1. The minimum atomic E-state index is -1.30. The first-order chi connectivity index (χ1) is 11.4. The van der Waals surface area contributed by atoms with Gasteiger partial charge in [-0.25, -0.2) is 4.98 Å². The number of carbonyl (C=O) groups is 2. The maximum absolute atomic E-state index is 12.4. The van der Waals surface area contributed by atoms with Crippen molar-refractivity contribution in [1.82, 2.24) is 20.2 Å². The molecule has 0 aromatic carbocycles. The standard InChI is InChI=1S/C16H24N4O4/c1-3-4-10(2)19-16(24)14-15(23)12(21)8-20(14)13(22)6-5-11-7-17-9-18-11/h5-7,9-10,12,14-15,21,23H,3-4,8H2,1-2H3,(H,17,18)(H,19,24)/b6-5+/t10?,12-,14?,15+/m0/s1. The quantitative estimate of drug-likeness (QED) is 0.530. The summed E-state index contributed by atoms with van der Waals surface area (Å²) in [6.07, 6.45) is 5.11. The molecule has 132 valence electrons. The molecule has 8 nitrogen and oxygen atoms in total. The Morgan fingerprint density at radius 3 is 2.92 bits per heavy atom. The summed E-state index contributed by atoms with van der Waals surface area (Å²) < 4.78 is 0. The fourth-order valence-corrected chi connectivity index (χ4v) is 2.79. The molecule has 0 saturated carbocycles. The number of likely N-dealkylation sites (tertiary alicyclic amines) is 1. The van der Waals surface area contributed by atoms with Crippen LogP contribution in [0.15, 0.2) is 18.6 Å². The molecule has 24 heavy (non-hydrogen) atoms. The Kier molecular flexibility index (Phi) is 6.10. The van der Waals surface area contributed by atoms with Crippen LogP contribution in [0.25, 0.3) is 6.08 Å². The molecule has 2 rings (SSSR count). The predicted octanol–water partition coefficient (Wildman–Crippen LogP) is -0.340. The first-order valence-electron chi connectivity index (χ1n) is 8.07. The van der Waals surface area contributed by atoms with Gasteiger partial charge >= 0.3 is 0 Å². The summed E-state index contributed by atoms with van der Waals surface area (Å²) in [7, 11) is 0. The summed E-state index contributed by atoms with van der Waals surface area (Å²) in [5, 5.41) is 22.7. The smallest absolute Gasteiger partial charge is 0.247 e. The molecule has 1 fully saturated rings. The molecule has 0 radical (unpaired) electrons. The highest BCUT2D eigenvalue weighted by atomic mass is 16.3. The van der Waals surface area contributed by atoms with Gasteiger partial charge in [-0.3, -0.25) is 9.59 Å². The third-order valence-corrected chi connectivity index (χ3v) is 4.02. The molecular formula is C16H24N4O4. The average Bonchev–Trinajstić information content (AvgIpc) is 3.14. The number of aliphatic hydroxyl groups is 2. The highest BCUT2D eigenvalue weighted by molar-refractivity contribution is 5.96. The Labute approximate surface area is 140 Å². The highest BCUT2D eigenvalue weighted by Crippen LogP contribution is 2.20. The number of rotatable bonds is 6. The number of amides is 2. The van der Waals surface area contributed by atoms with E-state index in [1.807, 2.05) is 13.8 Å². The maximum atomic E-state index is 12.4. The van der Waals surface area contributed by atoms with E-state index in [0.29, 0.717) is 5.69 Å². The van der Waals surface area contributed by atoms with Gasteiger partial charge in [-0.2, -0.15) is 0 Å². The lowest BCUT2D eigenvalue weighted by molar-refractivity contribution is -0.137. The van der Waals surface area contributed by atoms with Gasteiger partial charge in [0, 0.05) is 12.1 Å². The van der Waals surface area contributed by atoms with Crippen LogP contribution in [-0.4, -0.2) is 67.7 Å². The van der Waals surface area contributed by atoms with Crippen molar-refractivity contribution in [3.63, 3.8) is 0 Å². The number of aromatic amines is 1. The number of hydrogen-bond acceptors (Lipinski definition) is 5. The largest absolute Gasteiger partial charge is 0.388 e. The molecule has 1 aromatic heterocycles. The second kappa shape index (κ2) is 8.07. The van der Waals surface area contributed by atoms with Crippen molar-refractivity contribution in [1.29, 1.82) is 0 Å². The van der Waals surface area contributed by atoms with Crippen molar-refractivity contribution in [3.05, 3.63) is 24.3 Å². The van der Waals surface area contributed by atoms with Crippen molar-refractivity contribution in [3.8, 4) is 0 Å². The summed E-state index contributed by atoms with van der Waals surface area (Å²) in [5.74, 6) is -0.910. The van der Waals surface area contributed by atoms with Gasteiger partial charge in [0.1, 0.15) is 18.2 Å². The maximum Gasteiger partial charge on any atom is 0.247 e. The lowest BCUT2D eigenvalue weighted by Gasteiger charge is -2.25. The highest BCUT2D eigenvalue weighted by Gasteiger charge is 2.46. The SMILES string of the molecule is CCCC(C)NC(=O)C1[C@H](O)[C@@H](O)CN1C(=O)/C=C/c1cnc[nH]1. The van der Waals surface area contributed by atoms with E-state index in [9.17, 15) is 19.8 Å². The molecule has 1 aliphatic rings. The molecular weight excluding hydrogens is 312 g/mol. The lowest BCUT2D eigenvalue weighted by Crippen LogP contribution is -2.52. The van der Waals surface area contributed by atoms with Gasteiger partial charge in [-0.05, 0) is 19.4 Å². The zero-order valence-electron chi connectivity index (χ0n) is 13.8. The molecule has 2 heterocycles. The molecule has 1 aliphatic heterocycles. The molecule has 2 amide bonds. The second-order valence-corrected chi connectivity index (χ2v) is 6.03. The fraction of sp³-hybridized carbons (Fsp3) is 0.562.